The molecule has 200 valence electrons. The van der Waals surface area contributed by atoms with Crippen molar-refractivity contribution >= 4 is 22.1 Å². The largest absolute Gasteiger partial charge is 0.337 e. The number of imidazole rings is 1. The summed E-state index contributed by atoms with van der Waals surface area (Å²) in [6.07, 6.45) is 6.92. The molecule has 1 aliphatic heterocycles. The highest BCUT2D eigenvalue weighted by molar-refractivity contribution is 5.97. The maximum Gasteiger partial charge on any atom is 0.159 e. The van der Waals surface area contributed by atoms with Crippen LogP contribution in [0.15, 0.2) is 67.1 Å². The lowest BCUT2D eigenvalue weighted by atomic mass is 10.0. The third kappa shape index (κ3) is 4.63. The van der Waals surface area contributed by atoms with E-state index in [4.69, 9.17) is 4.98 Å². The van der Waals surface area contributed by atoms with E-state index in [1.807, 2.05) is 61.9 Å². The molecular formula is C31H29FN8. The number of aromatic nitrogens is 6. The van der Waals surface area contributed by atoms with Gasteiger partial charge in [0.1, 0.15) is 11.5 Å². The average molecular weight is 533 g/mol. The van der Waals surface area contributed by atoms with E-state index in [-0.39, 0.29) is 5.82 Å². The Hall–Kier alpha value is -4.47. The number of hydrogen-bond donors (Lipinski definition) is 2. The second-order valence-electron chi connectivity index (χ2n) is 10.8. The Kier molecular flexibility index (Phi) is 6.10. The van der Waals surface area contributed by atoms with Crippen LogP contribution in [-0.4, -0.2) is 67.1 Å². The molecule has 4 aromatic heterocycles. The summed E-state index contributed by atoms with van der Waals surface area (Å²) < 4.78 is 14.6. The number of aromatic amines is 2. The van der Waals surface area contributed by atoms with Gasteiger partial charge in [0.25, 0.3) is 0 Å². The number of fused-ring (bicyclic) bond motifs is 2. The van der Waals surface area contributed by atoms with Crippen molar-refractivity contribution in [1.82, 2.24) is 39.9 Å². The van der Waals surface area contributed by atoms with Crippen LogP contribution < -0.4 is 0 Å². The number of H-pyrrole nitrogens is 2. The van der Waals surface area contributed by atoms with E-state index >= 15 is 0 Å². The summed E-state index contributed by atoms with van der Waals surface area (Å²) in [5, 5.41) is 8.48. The zero-order chi connectivity index (χ0) is 27.2. The predicted molar refractivity (Wildman–Crippen MR) is 155 cm³/mol. The number of nitrogens with one attached hydrogen (secondary N) is 2. The van der Waals surface area contributed by atoms with E-state index in [2.05, 4.69) is 42.2 Å². The van der Waals surface area contributed by atoms with Crippen molar-refractivity contribution in [2.24, 2.45) is 0 Å². The van der Waals surface area contributed by atoms with Crippen LogP contribution in [0.2, 0.25) is 0 Å². The minimum atomic E-state index is -0.262. The second-order valence-corrected chi connectivity index (χ2v) is 10.8. The van der Waals surface area contributed by atoms with Crippen LogP contribution in [0.1, 0.15) is 17.5 Å². The standard InChI is InChI=1S/C31H29FN8/c1-39(2)17-19-9-21(12-24(32)11-19)25-5-3-6-27-28(25)36-31(35-27)29-26-13-23(16-34-30(26)38-37-29)22-10-20(14-33-15-22)18-40-7-4-8-40/h3,5-6,9-16H,4,7-8,17-18H2,1-2H3,(H,35,36)(H,34,37,38). The van der Waals surface area contributed by atoms with Gasteiger partial charge in [0.05, 0.1) is 16.4 Å². The second kappa shape index (κ2) is 9.93. The van der Waals surface area contributed by atoms with Gasteiger partial charge in [0, 0.05) is 48.4 Å². The summed E-state index contributed by atoms with van der Waals surface area (Å²) in [5.41, 5.74) is 8.74. The number of likely N-dealkylation sites (tertiary alicyclic amines) is 1. The number of halogens is 1. The van der Waals surface area contributed by atoms with Crippen LogP contribution >= 0.6 is 0 Å². The molecule has 0 spiro atoms. The van der Waals surface area contributed by atoms with Crippen LogP contribution in [0, 0.1) is 5.82 Å². The molecule has 6 aromatic rings. The normalized spacial score (nSPS) is 13.9. The van der Waals surface area contributed by atoms with Gasteiger partial charge in [-0.05, 0) is 86.7 Å². The molecule has 0 saturated carbocycles. The predicted octanol–water partition coefficient (Wildman–Crippen LogP) is 5.64. The minimum absolute atomic E-state index is 0.262. The summed E-state index contributed by atoms with van der Waals surface area (Å²) in [4.78, 5) is 21.9. The van der Waals surface area contributed by atoms with Crippen LogP contribution in [0.4, 0.5) is 4.39 Å². The minimum Gasteiger partial charge on any atom is -0.337 e. The van der Waals surface area contributed by atoms with Gasteiger partial charge in [-0.3, -0.25) is 15.0 Å². The average Bonchev–Trinajstić information content (AvgIpc) is 3.54. The van der Waals surface area contributed by atoms with Gasteiger partial charge in [0.15, 0.2) is 11.5 Å². The van der Waals surface area contributed by atoms with E-state index in [0.29, 0.717) is 23.7 Å². The Morgan fingerprint density at radius 3 is 2.62 bits per heavy atom. The lowest BCUT2D eigenvalue weighted by molar-refractivity contribution is 0.172. The van der Waals surface area contributed by atoms with E-state index in [0.717, 1.165) is 63.9 Å². The Morgan fingerprint density at radius 2 is 1.80 bits per heavy atom. The molecule has 0 aliphatic carbocycles. The molecule has 0 atom stereocenters. The first-order valence-electron chi connectivity index (χ1n) is 13.4. The third-order valence-electron chi connectivity index (χ3n) is 7.40. The number of nitrogens with zero attached hydrogens (tertiary/aromatic N) is 6. The first kappa shape index (κ1) is 24.6. The van der Waals surface area contributed by atoms with Gasteiger partial charge in [-0.25, -0.2) is 14.4 Å². The number of rotatable bonds is 7. The fraction of sp³-hybridized carbons (Fsp3) is 0.226. The summed E-state index contributed by atoms with van der Waals surface area (Å²) in [6.45, 7) is 3.85. The molecule has 9 heteroatoms. The van der Waals surface area contributed by atoms with Gasteiger partial charge in [0.2, 0.25) is 0 Å². The van der Waals surface area contributed by atoms with Gasteiger partial charge >= 0.3 is 0 Å². The Bertz CT molecular complexity index is 1850. The zero-order valence-corrected chi connectivity index (χ0v) is 22.4. The molecule has 7 rings (SSSR count). The molecule has 5 heterocycles. The van der Waals surface area contributed by atoms with Crippen molar-refractivity contribution in [2.45, 2.75) is 19.5 Å². The summed E-state index contributed by atoms with van der Waals surface area (Å²) in [7, 11) is 3.95. The molecule has 2 N–H and O–H groups in total. The van der Waals surface area contributed by atoms with Crippen LogP contribution in [0.25, 0.3) is 55.8 Å². The van der Waals surface area contributed by atoms with E-state index in [9.17, 15) is 4.39 Å². The summed E-state index contributed by atoms with van der Waals surface area (Å²) in [5.74, 6) is 0.365. The Morgan fingerprint density at radius 1 is 0.950 bits per heavy atom. The van der Waals surface area contributed by atoms with E-state index < -0.39 is 0 Å². The van der Waals surface area contributed by atoms with Crippen molar-refractivity contribution in [3.63, 3.8) is 0 Å². The van der Waals surface area contributed by atoms with Crippen molar-refractivity contribution in [2.75, 3.05) is 27.2 Å². The molecule has 0 radical (unpaired) electrons. The highest BCUT2D eigenvalue weighted by Crippen LogP contribution is 2.33. The maximum atomic E-state index is 14.6. The monoisotopic (exact) mass is 532 g/mol. The first-order valence-corrected chi connectivity index (χ1v) is 13.4. The Balaban J connectivity index is 1.27. The molecule has 8 nitrogen and oxygen atoms in total. The van der Waals surface area contributed by atoms with E-state index in [1.54, 1.807) is 12.1 Å². The quantitative estimate of drug-likeness (QED) is 0.277. The molecule has 1 fully saturated rings. The van der Waals surface area contributed by atoms with Crippen molar-refractivity contribution in [3.05, 3.63) is 84.1 Å². The van der Waals surface area contributed by atoms with E-state index in [1.165, 1.54) is 12.0 Å². The smallest absolute Gasteiger partial charge is 0.159 e. The fourth-order valence-electron chi connectivity index (χ4n) is 5.41. The zero-order valence-electron chi connectivity index (χ0n) is 22.4. The SMILES string of the molecule is CN(C)Cc1cc(F)cc(-c2cccc3[nH]c(-c4n[nH]c5ncc(-c6cncc(CN7CCC7)c6)cc45)nc23)c1. The molecule has 0 amide bonds. The number of para-hydroxylation sites is 1. The lowest BCUT2D eigenvalue weighted by Crippen LogP contribution is -2.36. The van der Waals surface area contributed by atoms with Crippen LogP contribution in [0.3, 0.4) is 0 Å². The molecule has 2 aromatic carbocycles. The number of hydrogen-bond acceptors (Lipinski definition) is 6. The Labute approximate surface area is 230 Å². The van der Waals surface area contributed by atoms with Crippen molar-refractivity contribution in [3.8, 4) is 33.8 Å². The molecule has 0 bridgehead atoms. The number of benzene rings is 2. The lowest BCUT2D eigenvalue weighted by Gasteiger charge is -2.30. The van der Waals surface area contributed by atoms with Crippen LogP contribution in [0.5, 0.6) is 0 Å². The molecule has 40 heavy (non-hydrogen) atoms. The van der Waals surface area contributed by atoms with Gasteiger partial charge in [-0.15, -0.1) is 0 Å². The maximum absolute atomic E-state index is 14.6. The van der Waals surface area contributed by atoms with Crippen molar-refractivity contribution < 1.29 is 4.39 Å². The van der Waals surface area contributed by atoms with Gasteiger partial charge in [-0.2, -0.15) is 5.10 Å². The topological polar surface area (TPSA) is 89.6 Å². The fourth-order valence-corrected chi connectivity index (χ4v) is 5.41. The summed E-state index contributed by atoms with van der Waals surface area (Å²) in [6, 6.07) is 15.3. The molecule has 1 saturated heterocycles. The first-order chi connectivity index (χ1) is 19.5. The highest BCUT2D eigenvalue weighted by atomic mass is 19.1. The van der Waals surface area contributed by atoms with Crippen LogP contribution in [-0.2, 0) is 13.1 Å². The number of pyridine rings is 2. The highest BCUT2D eigenvalue weighted by Gasteiger charge is 2.18. The van der Waals surface area contributed by atoms with Crippen molar-refractivity contribution in [1.29, 1.82) is 0 Å². The molecular weight excluding hydrogens is 503 g/mol. The molecule has 0 unspecified atom stereocenters. The van der Waals surface area contributed by atoms with Gasteiger partial charge < -0.3 is 9.88 Å². The molecule has 1 aliphatic rings. The van der Waals surface area contributed by atoms with Gasteiger partial charge in [-0.1, -0.05) is 12.1 Å². The third-order valence-corrected chi connectivity index (χ3v) is 7.40. The summed E-state index contributed by atoms with van der Waals surface area (Å²) >= 11 is 0.